The van der Waals surface area contributed by atoms with Crippen LogP contribution in [0.15, 0.2) is 45.5 Å². The topological polar surface area (TPSA) is 36.7 Å². The number of rotatable bonds is 3. The molecule has 116 valence electrons. The SMILES string of the molecule is O=C(c1cc(F)cc(Br)c1)N1CCN(Cc2ccco2)CC1. The third kappa shape index (κ3) is 3.56. The Morgan fingerprint density at radius 3 is 2.64 bits per heavy atom. The number of hydrogen-bond donors (Lipinski definition) is 0. The maximum Gasteiger partial charge on any atom is 0.254 e. The van der Waals surface area contributed by atoms with Crippen molar-refractivity contribution in [2.45, 2.75) is 6.54 Å². The first-order valence-corrected chi connectivity index (χ1v) is 7.91. The average molecular weight is 367 g/mol. The maximum atomic E-state index is 13.4. The normalized spacial score (nSPS) is 16.0. The molecule has 3 rings (SSSR count). The Bertz CT molecular complexity index is 632. The van der Waals surface area contributed by atoms with Crippen LogP contribution in [0.5, 0.6) is 0 Å². The first-order valence-electron chi connectivity index (χ1n) is 7.12. The fourth-order valence-corrected chi connectivity index (χ4v) is 3.06. The molecule has 0 saturated carbocycles. The van der Waals surface area contributed by atoms with E-state index in [2.05, 4.69) is 20.8 Å². The molecular weight excluding hydrogens is 351 g/mol. The van der Waals surface area contributed by atoms with Crippen LogP contribution in [-0.2, 0) is 6.54 Å². The second-order valence-corrected chi connectivity index (χ2v) is 6.22. The molecule has 1 aromatic carbocycles. The Labute approximate surface area is 136 Å². The zero-order chi connectivity index (χ0) is 15.5. The second kappa shape index (κ2) is 6.62. The number of carbonyl (C=O) groups excluding carboxylic acids is 1. The lowest BCUT2D eigenvalue weighted by Crippen LogP contribution is -2.48. The fraction of sp³-hybridized carbons (Fsp3) is 0.312. The van der Waals surface area contributed by atoms with Crippen LogP contribution in [0.3, 0.4) is 0 Å². The van der Waals surface area contributed by atoms with Crippen molar-refractivity contribution < 1.29 is 13.6 Å². The van der Waals surface area contributed by atoms with Crippen molar-refractivity contribution in [3.05, 3.63) is 58.2 Å². The van der Waals surface area contributed by atoms with Gasteiger partial charge in [-0.1, -0.05) is 15.9 Å². The van der Waals surface area contributed by atoms with Gasteiger partial charge in [-0.05, 0) is 30.3 Å². The van der Waals surface area contributed by atoms with Crippen molar-refractivity contribution in [3.63, 3.8) is 0 Å². The van der Waals surface area contributed by atoms with Gasteiger partial charge >= 0.3 is 0 Å². The van der Waals surface area contributed by atoms with Crippen molar-refractivity contribution in [2.75, 3.05) is 26.2 Å². The van der Waals surface area contributed by atoms with Gasteiger partial charge < -0.3 is 9.32 Å². The van der Waals surface area contributed by atoms with Crippen LogP contribution in [-0.4, -0.2) is 41.9 Å². The molecule has 0 N–H and O–H groups in total. The van der Waals surface area contributed by atoms with E-state index in [1.165, 1.54) is 12.1 Å². The first kappa shape index (κ1) is 15.2. The van der Waals surface area contributed by atoms with Gasteiger partial charge in [0.25, 0.3) is 5.91 Å². The summed E-state index contributed by atoms with van der Waals surface area (Å²) in [6.07, 6.45) is 1.66. The molecule has 4 nitrogen and oxygen atoms in total. The van der Waals surface area contributed by atoms with Crippen LogP contribution in [0.1, 0.15) is 16.1 Å². The van der Waals surface area contributed by atoms with E-state index in [9.17, 15) is 9.18 Å². The molecule has 2 heterocycles. The van der Waals surface area contributed by atoms with E-state index in [4.69, 9.17) is 4.42 Å². The van der Waals surface area contributed by atoms with Crippen LogP contribution < -0.4 is 0 Å². The van der Waals surface area contributed by atoms with Crippen LogP contribution in [0.4, 0.5) is 4.39 Å². The molecule has 6 heteroatoms. The van der Waals surface area contributed by atoms with Crippen molar-refractivity contribution >= 4 is 21.8 Å². The molecule has 0 unspecified atom stereocenters. The Kier molecular flexibility index (Phi) is 4.59. The Morgan fingerprint density at radius 1 is 1.23 bits per heavy atom. The predicted octanol–water partition coefficient (Wildman–Crippen LogP) is 3.14. The molecule has 0 bridgehead atoms. The smallest absolute Gasteiger partial charge is 0.254 e. The van der Waals surface area contributed by atoms with Crippen molar-refractivity contribution in [1.29, 1.82) is 0 Å². The van der Waals surface area contributed by atoms with Crippen LogP contribution in [0.25, 0.3) is 0 Å². The molecule has 0 aliphatic carbocycles. The largest absolute Gasteiger partial charge is 0.468 e. The van der Waals surface area contributed by atoms with E-state index >= 15 is 0 Å². The third-order valence-electron chi connectivity index (χ3n) is 3.73. The molecule has 1 aliphatic rings. The van der Waals surface area contributed by atoms with Crippen molar-refractivity contribution in [2.24, 2.45) is 0 Å². The summed E-state index contributed by atoms with van der Waals surface area (Å²) in [5.41, 5.74) is 0.381. The molecule has 22 heavy (non-hydrogen) atoms. The molecule has 1 saturated heterocycles. The van der Waals surface area contributed by atoms with Crippen LogP contribution in [0, 0.1) is 5.82 Å². The van der Waals surface area contributed by atoms with Crippen molar-refractivity contribution in [3.8, 4) is 0 Å². The molecule has 0 atom stereocenters. The van der Waals surface area contributed by atoms with Gasteiger partial charge in [0.2, 0.25) is 0 Å². The summed E-state index contributed by atoms with van der Waals surface area (Å²) in [6, 6.07) is 8.10. The zero-order valence-corrected chi connectivity index (χ0v) is 13.6. The van der Waals surface area contributed by atoms with Crippen LogP contribution in [0.2, 0.25) is 0 Å². The van der Waals surface area contributed by atoms with E-state index in [0.717, 1.165) is 25.4 Å². The molecule has 0 spiro atoms. The molecule has 0 radical (unpaired) electrons. The summed E-state index contributed by atoms with van der Waals surface area (Å²) in [7, 11) is 0. The number of amides is 1. The molecular formula is C16H16BrFN2O2. The van der Waals surface area contributed by atoms with E-state index < -0.39 is 5.82 Å². The summed E-state index contributed by atoms with van der Waals surface area (Å²) in [5.74, 6) is 0.390. The minimum atomic E-state index is -0.408. The standard InChI is InChI=1S/C16H16BrFN2O2/c17-13-8-12(9-14(18)10-13)16(21)20-5-3-19(4-6-20)11-15-2-1-7-22-15/h1-2,7-10H,3-6,11H2. The predicted molar refractivity (Wildman–Crippen MR) is 84.0 cm³/mol. The molecule has 1 aromatic heterocycles. The zero-order valence-electron chi connectivity index (χ0n) is 12.0. The van der Waals surface area contributed by atoms with Gasteiger partial charge in [0.05, 0.1) is 12.8 Å². The summed E-state index contributed by atoms with van der Waals surface area (Å²) < 4.78 is 19.3. The highest BCUT2D eigenvalue weighted by atomic mass is 79.9. The number of halogens is 2. The van der Waals surface area contributed by atoms with Gasteiger partial charge in [0.15, 0.2) is 0 Å². The molecule has 1 fully saturated rings. The van der Waals surface area contributed by atoms with E-state index in [-0.39, 0.29) is 5.91 Å². The number of furan rings is 1. The Morgan fingerprint density at radius 2 is 2.00 bits per heavy atom. The quantitative estimate of drug-likeness (QED) is 0.837. The Balaban J connectivity index is 1.59. The van der Waals surface area contributed by atoms with Gasteiger partial charge in [-0.15, -0.1) is 0 Å². The number of nitrogens with zero attached hydrogens (tertiary/aromatic N) is 2. The van der Waals surface area contributed by atoms with Gasteiger partial charge in [-0.25, -0.2) is 4.39 Å². The third-order valence-corrected chi connectivity index (χ3v) is 4.19. The monoisotopic (exact) mass is 366 g/mol. The number of benzene rings is 1. The van der Waals surface area contributed by atoms with Crippen molar-refractivity contribution in [1.82, 2.24) is 9.80 Å². The highest BCUT2D eigenvalue weighted by molar-refractivity contribution is 9.10. The van der Waals surface area contributed by atoms with Crippen LogP contribution >= 0.6 is 15.9 Å². The lowest BCUT2D eigenvalue weighted by atomic mass is 10.1. The number of piperazine rings is 1. The van der Waals surface area contributed by atoms with E-state index in [1.807, 2.05) is 12.1 Å². The van der Waals surface area contributed by atoms with Gasteiger partial charge in [0.1, 0.15) is 11.6 Å². The lowest BCUT2D eigenvalue weighted by Gasteiger charge is -2.34. The van der Waals surface area contributed by atoms with Gasteiger partial charge in [-0.2, -0.15) is 0 Å². The van der Waals surface area contributed by atoms with E-state index in [1.54, 1.807) is 17.2 Å². The highest BCUT2D eigenvalue weighted by Crippen LogP contribution is 2.17. The minimum absolute atomic E-state index is 0.127. The highest BCUT2D eigenvalue weighted by Gasteiger charge is 2.23. The first-order chi connectivity index (χ1) is 10.6. The summed E-state index contributed by atoms with van der Waals surface area (Å²) >= 11 is 3.22. The number of carbonyl (C=O) groups is 1. The van der Waals surface area contributed by atoms with E-state index in [0.29, 0.717) is 23.1 Å². The maximum absolute atomic E-state index is 13.4. The second-order valence-electron chi connectivity index (χ2n) is 5.31. The fourth-order valence-electron chi connectivity index (χ4n) is 2.59. The lowest BCUT2D eigenvalue weighted by molar-refractivity contribution is 0.0620. The Hall–Kier alpha value is -1.66. The summed E-state index contributed by atoms with van der Waals surface area (Å²) in [6.45, 7) is 3.58. The molecule has 2 aromatic rings. The summed E-state index contributed by atoms with van der Waals surface area (Å²) in [4.78, 5) is 16.4. The van der Waals surface area contributed by atoms with Gasteiger partial charge in [-0.3, -0.25) is 9.69 Å². The average Bonchev–Trinajstić information content (AvgIpc) is 2.99. The molecule has 1 amide bonds. The summed E-state index contributed by atoms with van der Waals surface area (Å²) in [5, 5.41) is 0. The van der Waals surface area contributed by atoms with Gasteiger partial charge in [0, 0.05) is 36.2 Å². The molecule has 1 aliphatic heterocycles. The minimum Gasteiger partial charge on any atom is -0.468 e. The number of hydrogen-bond acceptors (Lipinski definition) is 3.